The van der Waals surface area contributed by atoms with Crippen molar-refractivity contribution in [2.45, 2.75) is 38.8 Å². The number of hydrogen-bond donors (Lipinski definition) is 1. The maximum atomic E-state index is 13.6. The van der Waals surface area contributed by atoms with Crippen LogP contribution < -0.4 is 14.8 Å². The first-order valence-corrected chi connectivity index (χ1v) is 12.5. The van der Waals surface area contributed by atoms with Crippen molar-refractivity contribution in [1.82, 2.24) is 10.2 Å². The molecule has 190 valence electrons. The lowest BCUT2D eigenvalue weighted by atomic mass is 10.0. The summed E-state index contributed by atoms with van der Waals surface area (Å²) in [5.41, 5.74) is 1.82. The van der Waals surface area contributed by atoms with Crippen LogP contribution in [0.4, 0.5) is 0 Å². The summed E-state index contributed by atoms with van der Waals surface area (Å²) in [6.07, 6.45) is 2.21. The number of hydrogen-bond acceptors (Lipinski definition) is 4. The molecular formula is C29H33ClN2O4. The SMILES string of the molecule is CCCCNC(=O)[C@H](Cc1ccccc1)N(Cc1cccc(OC)c1)C(=O)COc1cccc(Cl)c1. The van der Waals surface area contributed by atoms with Gasteiger partial charge in [0.1, 0.15) is 17.5 Å². The maximum Gasteiger partial charge on any atom is 0.261 e. The minimum atomic E-state index is -0.717. The molecule has 3 rings (SSSR count). The molecule has 0 radical (unpaired) electrons. The number of nitrogens with zero attached hydrogens (tertiary/aromatic N) is 1. The first kappa shape index (κ1) is 27.1. The summed E-state index contributed by atoms with van der Waals surface area (Å²) in [7, 11) is 1.60. The first-order valence-electron chi connectivity index (χ1n) is 12.1. The van der Waals surface area contributed by atoms with Crippen molar-refractivity contribution in [3.8, 4) is 11.5 Å². The highest BCUT2D eigenvalue weighted by molar-refractivity contribution is 6.30. The van der Waals surface area contributed by atoms with Crippen LogP contribution in [0, 0.1) is 0 Å². The lowest BCUT2D eigenvalue weighted by Gasteiger charge is -2.31. The molecule has 0 aliphatic carbocycles. The number of nitrogens with one attached hydrogen (secondary N) is 1. The number of methoxy groups -OCH3 is 1. The number of benzene rings is 3. The van der Waals surface area contributed by atoms with Crippen LogP contribution in [0.3, 0.4) is 0 Å². The lowest BCUT2D eigenvalue weighted by molar-refractivity contribution is -0.142. The molecule has 36 heavy (non-hydrogen) atoms. The molecule has 0 aliphatic rings. The average molecular weight is 509 g/mol. The molecule has 3 aromatic carbocycles. The summed E-state index contributed by atoms with van der Waals surface area (Å²) in [5, 5.41) is 3.53. The van der Waals surface area contributed by atoms with Gasteiger partial charge < -0.3 is 19.7 Å². The second-order valence-electron chi connectivity index (χ2n) is 8.47. The molecule has 1 N–H and O–H groups in total. The second kappa shape index (κ2) is 14.1. The Labute approximate surface area is 218 Å². The zero-order valence-electron chi connectivity index (χ0n) is 20.8. The summed E-state index contributed by atoms with van der Waals surface area (Å²) >= 11 is 6.06. The molecule has 6 nitrogen and oxygen atoms in total. The van der Waals surface area contributed by atoms with Gasteiger partial charge in [0.2, 0.25) is 5.91 Å². The quantitative estimate of drug-likeness (QED) is 0.319. The molecule has 0 saturated heterocycles. The molecule has 0 fully saturated rings. The number of unbranched alkanes of at least 4 members (excludes halogenated alkanes) is 1. The third kappa shape index (κ3) is 8.31. The van der Waals surface area contributed by atoms with Crippen LogP contribution in [-0.2, 0) is 22.6 Å². The Morgan fingerprint density at radius 1 is 0.944 bits per heavy atom. The van der Waals surface area contributed by atoms with Crippen molar-refractivity contribution >= 4 is 23.4 Å². The van der Waals surface area contributed by atoms with Crippen LogP contribution in [0.5, 0.6) is 11.5 Å². The standard InChI is InChI=1S/C29H33ClN2O4/c1-3-4-16-31-29(34)27(18-22-10-6-5-7-11-22)32(20-23-12-8-14-25(17-23)35-2)28(33)21-36-26-15-9-13-24(30)19-26/h5-15,17,19,27H,3-4,16,18,20-21H2,1-2H3,(H,31,34)/t27-/m0/s1. The molecule has 0 aromatic heterocycles. The number of carbonyl (C=O) groups excluding carboxylic acids is 2. The van der Waals surface area contributed by atoms with E-state index in [9.17, 15) is 9.59 Å². The highest BCUT2D eigenvalue weighted by Gasteiger charge is 2.30. The van der Waals surface area contributed by atoms with E-state index in [2.05, 4.69) is 12.2 Å². The van der Waals surface area contributed by atoms with E-state index >= 15 is 0 Å². The molecule has 1 atom stereocenters. The van der Waals surface area contributed by atoms with E-state index in [0.717, 1.165) is 24.0 Å². The Hall–Kier alpha value is -3.51. The highest BCUT2D eigenvalue weighted by atomic mass is 35.5. The van der Waals surface area contributed by atoms with Crippen molar-refractivity contribution in [2.75, 3.05) is 20.3 Å². The van der Waals surface area contributed by atoms with Gasteiger partial charge in [0.25, 0.3) is 5.91 Å². The molecule has 7 heteroatoms. The molecule has 0 unspecified atom stereocenters. The monoisotopic (exact) mass is 508 g/mol. The first-order chi connectivity index (χ1) is 17.5. The van der Waals surface area contributed by atoms with Crippen molar-refractivity contribution < 1.29 is 19.1 Å². The molecule has 0 spiro atoms. The van der Waals surface area contributed by atoms with Gasteiger partial charge in [-0.2, -0.15) is 0 Å². The van der Waals surface area contributed by atoms with Crippen molar-refractivity contribution in [3.63, 3.8) is 0 Å². The van der Waals surface area contributed by atoms with E-state index in [0.29, 0.717) is 29.5 Å². The summed E-state index contributed by atoms with van der Waals surface area (Å²) in [6.45, 7) is 2.63. The van der Waals surface area contributed by atoms with E-state index in [1.54, 1.807) is 36.3 Å². The smallest absolute Gasteiger partial charge is 0.261 e. The Morgan fingerprint density at radius 3 is 2.39 bits per heavy atom. The van der Waals surface area contributed by atoms with Crippen molar-refractivity contribution in [1.29, 1.82) is 0 Å². The third-order valence-corrected chi connectivity index (χ3v) is 5.98. The van der Waals surface area contributed by atoms with Gasteiger partial charge >= 0.3 is 0 Å². The molecular weight excluding hydrogens is 476 g/mol. The van der Waals surface area contributed by atoms with Gasteiger partial charge in [-0.15, -0.1) is 0 Å². The van der Waals surface area contributed by atoms with Gasteiger partial charge in [-0.3, -0.25) is 9.59 Å². The minimum absolute atomic E-state index is 0.189. The molecule has 2 amide bonds. The van der Waals surface area contributed by atoms with Crippen LogP contribution >= 0.6 is 11.6 Å². The van der Waals surface area contributed by atoms with Crippen molar-refractivity contribution in [3.05, 3.63) is 95.0 Å². The number of rotatable bonds is 13. The van der Waals surface area contributed by atoms with E-state index < -0.39 is 6.04 Å². The predicted octanol–water partition coefficient (Wildman–Crippen LogP) is 5.28. The summed E-state index contributed by atoms with van der Waals surface area (Å²) in [6, 6.07) is 23.4. The van der Waals surface area contributed by atoms with Crippen LogP contribution in [-0.4, -0.2) is 43.0 Å². The summed E-state index contributed by atoms with van der Waals surface area (Å²) < 4.78 is 11.1. The fourth-order valence-corrected chi connectivity index (χ4v) is 3.99. The largest absolute Gasteiger partial charge is 0.497 e. The normalized spacial score (nSPS) is 11.4. The number of halogens is 1. The molecule has 3 aromatic rings. The van der Waals surface area contributed by atoms with Gasteiger partial charge in [-0.05, 0) is 47.9 Å². The predicted molar refractivity (Wildman–Crippen MR) is 142 cm³/mol. The van der Waals surface area contributed by atoms with Crippen molar-refractivity contribution in [2.24, 2.45) is 0 Å². The van der Waals surface area contributed by atoms with Gasteiger partial charge in [-0.25, -0.2) is 0 Å². The number of carbonyl (C=O) groups is 2. The Morgan fingerprint density at radius 2 is 1.67 bits per heavy atom. The Bertz CT molecular complexity index is 1120. The van der Waals surface area contributed by atoms with E-state index in [-0.39, 0.29) is 25.0 Å². The number of ether oxygens (including phenoxy) is 2. The minimum Gasteiger partial charge on any atom is -0.497 e. The van der Waals surface area contributed by atoms with E-state index in [1.807, 2.05) is 54.6 Å². The van der Waals surface area contributed by atoms with Gasteiger partial charge in [0.05, 0.1) is 7.11 Å². The fourth-order valence-electron chi connectivity index (χ4n) is 3.81. The van der Waals surface area contributed by atoms with Gasteiger partial charge in [0.15, 0.2) is 6.61 Å². The van der Waals surface area contributed by atoms with Crippen LogP contribution in [0.25, 0.3) is 0 Å². The molecule has 0 bridgehead atoms. The molecule has 0 saturated carbocycles. The van der Waals surface area contributed by atoms with E-state index in [1.165, 1.54) is 0 Å². The van der Waals surface area contributed by atoms with Gasteiger partial charge in [-0.1, -0.05) is 73.5 Å². The fraction of sp³-hybridized carbons (Fsp3) is 0.310. The summed E-state index contributed by atoms with van der Waals surface area (Å²) in [4.78, 5) is 28.6. The topological polar surface area (TPSA) is 67.9 Å². The number of amides is 2. The zero-order valence-corrected chi connectivity index (χ0v) is 21.5. The molecule has 0 heterocycles. The highest BCUT2D eigenvalue weighted by Crippen LogP contribution is 2.20. The summed E-state index contributed by atoms with van der Waals surface area (Å²) in [5.74, 6) is 0.682. The van der Waals surface area contributed by atoms with E-state index in [4.69, 9.17) is 21.1 Å². The van der Waals surface area contributed by atoms with Crippen LogP contribution in [0.2, 0.25) is 5.02 Å². The zero-order chi connectivity index (χ0) is 25.8. The van der Waals surface area contributed by atoms with Crippen LogP contribution in [0.15, 0.2) is 78.9 Å². The average Bonchev–Trinajstić information content (AvgIpc) is 2.90. The maximum absolute atomic E-state index is 13.6. The Balaban J connectivity index is 1.90. The Kier molecular flexibility index (Phi) is 10.6. The van der Waals surface area contributed by atoms with Crippen LogP contribution in [0.1, 0.15) is 30.9 Å². The molecule has 0 aliphatic heterocycles. The third-order valence-electron chi connectivity index (χ3n) is 5.75. The second-order valence-corrected chi connectivity index (χ2v) is 8.91. The van der Waals surface area contributed by atoms with Gasteiger partial charge in [0, 0.05) is 24.5 Å². The lowest BCUT2D eigenvalue weighted by Crippen LogP contribution is -2.51.